The largest absolute Gasteiger partial charge is 0.383 e. The minimum Gasteiger partial charge on any atom is -0.383 e. The van der Waals surface area contributed by atoms with Gasteiger partial charge in [0.15, 0.2) is 0 Å². The van der Waals surface area contributed by atoms with Crippen molar-refractivity contribution in [2.24, 2.45) is 0 Å². The Labute approximate surface area is 188 Å². The van der Waals surface area contributed by atoms with Crippen molar-refractivity contribution in [1.82, 2.24) is 15.5 Å². The van der Waals surface area contributed by atoms with Gasteiger partial charge in [0.2, 0.25) is 5.91 Å². The van der Waals surface area contributed by atoms with Crippen molar-refractivity contribution in [2.45, 2.75) is 36.5 Å². The predicted molar refractivity (Wildman–Crippen MR) is 124 cm³/mol. The zero-order valence-corrected chi connectivity index (χ0v) is 19.1. The molecule has 3 rings (SSSR count). The smallest absolute Gasteiger partial charge is 0.237 e. The third kappa shape index (κ3) is 6.72. The molecule has 0 bridgehead atoms. The van der Waals surface area contributed by atoms with E-state index in [-0.39, 0.29) is 18.0 Å². The Bertz CT molecular complexity index is 818. The Morgan fingerprint density at radius 2 is 2.03 bits per heavy atom. The van der Waals surface area contributed by atoms with E-state index in [0.717, 1.165) is 30.1 Å². The van der Waals surface area contributed by atoms with Gasteiger partial charge in [-0.1, -0.05) is 35.9 Å². The third-order valence-electron chi connectivity index (χ3n) is 5.34. The molecule has 2 aromatic carbocycles. The summed E-state index contributed by atoms with van der Waals surface area (Å²) < 4.78 is 5.06. The van der Waals surface area contributed by atoms with Crippen LogP contribution in [-0.2, 0) is 22.6 Å². The van der Waals surface area contributed by atoms with E-state index in [0.29, 0.717) is 19.7 Å². The highest BCUT2D eigenvalue weighted by Gasteiger charge is 2.36. The standard InChI is InChI=1S/C23H30ClN3O2S/c1-29-11-10-25-23(28)22-13-20(26-14-17-6-8-21(30-2)9-7-17)16-27(22)15-18-4-3-5-19(24)12-18/h3-9,12,20,22,26H,10-11,13-16H2,1-2H3,(H,25,28)/t20-,22-/m0/s1. The molecular formula is C23H30ClN3O2S. The van der Waals surface area contributed by atoms with Crippen molar-refractivity contribution in [1.29, 1.82) is 0 Å². The van der Waals surface area contributed by atoms with Crippen LogP contribution in [-0.4, -0.2) is 56.0 Å². The zero-order chi connectivity index (χ0) is 21.3. The Balaban J connectivity index is 1.62. The molecule has 0 aliphatic carbocycles. The molecular weight excluding hydrogens is 418 g/mol. The number of ether oxygens (including phenoxy) is 1. The average Bonchev–Trinajstić information content (AvgIpc) is 3.15. The van der Waals surface area contributed by atoms with Crippen LogP contribution in [0.3, 0.4) is 0 Å². The molecule has 5 nitrogen and oxygen atoms in total. The second-order valence-electron chi connectivity index (χ2n) is 7.52. The summed E-state index contributed by atoms with van der Waals surface area (Å²) in [5.74, 6) is 0.0581. The highest BCUT2D eigenvalue weighted by Crippen LogP contribution is 2.23. The summed E-state index contributed by atoms with van der Waals surface area (Å²) >= 11 is 7.90. The van der Waals surface area contributed by atoms with Crippen LogP contribution in [0.4, 0.5) is 0 Å². The summed E-state index contributed by atoms with van der Waals surface area (Å²) in [5, 5.41) is 7.35. The number of hydrogen-bond acceptors (Lipinski definition) is 5. The molecule has 1 amide bonds. The zero-order valence-electron chi connectivity index (χ0n) is 17.6. The third-order valence-corrected chi connectivity index (χ3v) is 6.32. The molecule has 7 heteroatoms. The fourth-order valence-corrected chi connectivity index (χ4v) is 4.39. The number of amides is 1. The number of nitrogens with one attached hydrogen (secondary N) is 2. The maximum Gasteiger partial charge on any atom is 0.237 e. The van der Waals surface area contributed by atoms with Crippen LogP contribution in [0, 0.1) is 0 Å². The summed E-state index contributed by atoms with van der Waals surface area (Å²) in [6.45, 7) is 3.35. The first-order valence-electron chi connectivity index (χ1n) is 10.2. The molecule has 1 heterocycles. The van der Waals surface area contributed by atoms with Crippen LogP contribution in [0.2, 0.25) is 5.02 Å². The number of halogens is 1. The lowest BCUT2D eigenvalue weighted by molar-refractivity contribution is -0.125. The molecule has 30 heavy (non-hydrogen) atoms. The van der Waals surface area contributed by atoms with E-state index in [1.165, 1.54) is 10.5 Å². The van der Waals surface area contributed by atoms with Crippen LogP contribution in [0.1, 0.15) is 17.5 Å². The maximum absolute atomic E-state index is 12.8. The first-order valence-corrected chi connectivity index (χ1v) is 11.8. The molecule has 2 N–H and O–H groups in total. The Kier molecular flexibility index (Phi) is 9.03. The van der Waals surface area contributed by atoms with Crippen molar-refractivity contribution >= 4 is 29.3 Å². The first-order chi connectivity index (χ1) is 14.6. The Morgan fingerprint density at radius 1 is 1.23 bits per heavy atom. The molecule has 0 aromatic heterocycles. The topological polar surface area (TPSA) is 53.6 Å². The molecule has 0 radical (unpaired) electrons. The molecule has 0 unspecified atom stereocenters. The van der Waals surface area contributed by atoms with Gasteiger partial charge in [0.1, 0.15) is 0 Å². The molecule has 0 saturated carbocycles. The van der Waals surface area contributed by atoms with E-state index in [4.69, 9.17) is 16.3 Å². The number of hydrogen-bond donors (Lipinski definition) is 2. The molecule has 2 aromatic rings. The minimum absolute atomic E-state index is 0.0581. The monoisotopic (exact) mass is 447 g/mol. The number of likely N-dealkylation sites (tertiary alicyclic amines) is 1. The summed E-state index contributed by atoms with van der Waals surface area (Å²) in [7, 11) is 1.64. The number of benzene rings is 2. The minimum atomic E-state index is -0.169. The number of carbonyl (C=O) groups excluding carboxylic acids is 1. The van der Waals surface area contributed by atoms with Crippen molar-refractivity contribution < 1.29 is 9.53 Å². The molecule has 1 aliphatic rings. The van der Waals surface area contributed by atoms with E-state index in [1.54, 1.807) is 18.9 Å². The number of nitrogens with zero attached hydrogens (tertiary/aromatic N) is 1. The van der Waals surface area contributed by atoms with Crippen molar-refractivity contribution in [3.8, 4) is 0 Å². The van der Waals surface area contributed by atoms with Gasteiger partial charge in [-0.2, -0.15) is 0 Å². The number of carbonyl (C=O) groups is 1. The molecule has 1 saturated heterocycles. The summed E-state index contributed by atoms with van der Waals surface area (Å²) in [6, 6.07) is 16.5. The molecule has 1 fully saturated rings. The fraction of sp³-hybridized carbons (Fsp3) is 0.435. The lowest BCUT2D eigenvalue weighted by atomic mass is 10.1. The Hall–Kier alpha value is -1.57. The van der Waals surface area contributed by atoms with Crippen molar-refractivity contribution in [3.05, 3.63) is 64.7 Å². The quantitative estimate of drug-likeness (QED) is 0.431. The van der Waals surface area contributed by atoms with Crippen molar-refractivity contribution in [3.63, 3.8) is 0 Å². The molecule has 2 atom stereocenters. The average molecular weight is 448 g/mol. The number of thioether (sulfide) groups is 1. The normalized spacial score (nSPS) is 19.2. The van der Waals surface area contributed by atoms with Gasteiger partial charge < -0.3 is 15.4 Å². The van der Waals surface area contributed by atoms with Crippen LogP contribution in [0.5, 0.6) is 0 Å². The van der Waals surface area contributed by atoms with E-state index < -0.39 is 0 Å². The van der Waals surface area contributed by atoms with Gasteiger partial charge in [-0.3, -0.25) is 9.69 Å². The van der Waals surface area contributed by atoms with Gasteiger partial charge in [0.25, 0.3) is 0 Å². The lowest BCUT2D eigenvalue weighted by Crippen LogP contribution is -2.43. The Morgan fingerprint density at radius 3 is 2.73 bits per heavy atom. The molecule has 1 aliphatic heterocycles. The van der Waals surface area contributed by atoms with Crippen LogP contribution in [0.25, 0.3) is 0 Å². The van der Waals surface area contributed by atoms with Gasteiger partial charge in [0.05, 0.1) is 12.6 Å². The summed E-state index contributed by atoms with van der Waals surface area (Å²) in [4.78, 5) is 16.3. The highest BCUT2D eigenvalue weighted by molar-refractivity contribution is 7.98. The van der Waals surface area contributed by atoms with Crippen molar-refractivity contribution in [2.75, 3.05) is 33.1 Å². The fourth-order valence-electron chi connectivity index (χ4n) is 3.77. The van der Waals surface area contributed by atoms with Crippen LogP contribution >= 0.6 is 23.4 Å². The van der Waals surface area contributed by atoms with E-state index in [1.807, 2.05) is 18.2 Å². The summed E-state index contributed by atoms with van der Waals surface area (Å²) in [5.41, 5.74) is 2.37. The van der Waals surface area contributed by atoms with Gasteiger partial charge in [0, 0.05) is 49.2 Å². The highest BCUT2D eigenvalue weighted by atomic mass is 35.5. The molecule has 0 spiro atoms. The maximum atomic E-state index is 12.8. The van der Waals surface area contributed by atoms with Crippen LogP contribution < -0.4 is 10.6 Å². The second kappa shape index (κ2) is 11.7. The van der Waals surface area contributed by atoms with E-state index in [9.17, 15) is 4.79 Å². The lowest BCUT2D eigenvalue weighted by Gasteiger charge is -2.23. The van der Waals surface area contributed by atoms with Crippen LogP contribution in [0.15, 0.2) is 53.4 Å². The number of rotatable bonds is 10. The first kappa shape index (κ1) is 23.1. The van der Waals surface area contributed by atoms with Gasteiger partial charge in [-0.05, 0) is 48.1 Å². The van der Waals surface area contributed by atoms with E-state index >= 15 is 0 Å². The predicted octanol–water partition coefficient (Wildman–Crippen LogP) is 3.56. The molecule has 162 valence electrons. The van der Waals surface area contributed by atoms with Gasteiger partial charge in [-0.25, -0.2) is 0 Å². The summed E-state index contributed by atoms with van der Waals surface area (Å²) in [6.07, 6.45) is 2.86. The second-order valence-corrected chi connectivity index (χ2v) is 8.84. The van der Waals surface area contributed by atoms with Gasteiger partial charge in [-0.15, -0.1) is 11.8 Å². The SMILES string of the molecule is COCCNC(=O)[C@@H]1C[C@H](NCc2ccc(SC)cc2)CN1Cc1cccc(Cl)c1. The van der Waals surface area contributed by atoms with Gasteiger partial charge >= 0.3 is 0 Å². The number of methoxy groups -OCH3 is 1. The van der Waals surface area contributed by atoms with E-state index in [2.05, 4.69) is 52.1 Å².